The fourth-order valence-corrected chi connectivity index (χ4v) is 2.92. The van der Waals surface area contributed by atoms with E-state index in [1.807, 2.05) is 36.4 Å². The molecule has 0 aliphatic rings. The zero-order valence-corrected chi connectivity index (χ0v) is 14.0. The van der Waals surface area contributed by atoms with E-state index in [0.29, 0.717) is 0 Å². The second-order valence-corrected chi connectivity index (χ2v) is 5.99. The van der Waals surface area contributed by atoms with Crippen molar-refractivity contribution in [3.05, 3.63) is 77.4 Å². The first kappa shape index (κ1) is 16.0. The topological polar surface area (TPSA) is 36.3 Å². The maximum atomic E-state index is 9.20. The molecule has 0 unspecified atom stereocenters. The van der Waals surface area contributed by atoms with Gasteiger partial charge in [0, 0.05) is 13.1 Å². The third-order valence-corrected chi connectivity index (χ3v) is 4.14. The number of nitriles is 1. The van der Waals surface area contributed by atoms with Gasteiger partial charge < -0.3 is 4.74 Å². The van der Waals surface area contributed by atoms with Gasteiger partial charge in [-0.2, -0.15) is 5.26 Å². The number of rotatable bonds is 5. The van der Waals surface area contributed by atoms with Gasteiger partial charge >= 0.3 is 0 Å². The number of ether oxygens (including phenoxy) is 1. The SMILES string of the molecule is COc1ccc2cc(CN(C)Cc3ccccc3C#N)ccc2c1. The Morgan fingerprint density at radius 1 is 0.958 bits per heavy atom. The zero-order chi connectivity index (χ0) is 16.9. The number of hydrogen-bond donors (Lipinski definition) is 0. The van der Waals surface area contributed by atoms with Gasteiger partial charge in [0.1, 0.15) is 5.75 Å². The van der Waals surface area contributed by atoms with Crippen molar-refractivity contribution in [1.82, 2.24) is 4.90 Å². The maximum Gasteiger partial charge on any atom is 0.119 e. The Bertz CT molecular complexity index is 896. The molecule has 0 heterocycles. The highest BCUT2D eigenvalue weighted by atomic mass is 16.5. The molecule has 3 nitrogen and oxygen atoms in total. The highest BCUT2D eigenvalue weighted by molar-refractivity contribution is 5.84. The lowest BCUT2D eigenvalue weighted by atomic mass is 10.1. The maximum absolute atomic E-state index is 9.20. The minimum Gasteiger partial charge on any atom is -0.497 e. The molecule has 24 heavy (non-hydrogen) atoms. The number of fused-ring (bicyclic) bond motifs is 1. The Labute approximate surface area is 142 Å². The Hall–Kier alpha value is -2.83. The summed E-state index contributed by atoms with van der Waals surface area (Å²) < 4.78 is 5.27. The second-order valence-electron chi connectivity index (χ2n) is 5.99. The first-order chi connectivity index (χ1) is 11.7. The summed E-state index contributed by atoms with van der Waals surface area (Å²) in [6.45, 7) is 1.59. The molecule has 120 valence electrons. The van der Waals surface area contributed by atoms with Crippen LogP contribution in [0.4, 0.5) is 0 Å². The van der Waals surface area contributed by atoms with Crippen LogP contribution in [0.5, 0.6) is 5.75 Å². The van der Waals surface area contributed by atoms with Crippen LogP contribution in [-0.4, -0.2) is 19.1 Å². The molecule has 0 aromatic heterocycles. The van der Waals surface area contributed by atoms with Crippen molar-refractivity contribution < 1.29 is 4.74 Å². The van der Waals surface area contributed by atoms with Crippen molar-refractivity contribution in [2.24, 2.45) is 0 Å². The summed E-state index contributed by atoms with van der Waals surface area (Å²) in [5.74, 6) is 0.875. The summed E-state index contributed by atoms with van der Waals surface area (Å²) in [5, 5.41) is 11.6. The van der Waals surface area contributed by atoms with Crippen molar-refractivity contribution in [1.29, 1.82) is 5.26 Å². The van der Waals surface area contributed by atoms with Gasteiger partial charge in [0.05, 0.1) is 18.7 Å². The van der Waals surface area contributed by atoms with E-state index in [1.165, 1.54) is 16.3 Å². The first-order valence-electron chi connectivity index (χ1n) is 7.93. The molecule has 3 heteroatoms. The van der Waals surface area contributed by atoms with Gasteiger partial charge in [-0.25, -0.2) is 0 Å². The monoisotopic (exact) mass is 316 g/mol. The molecule has 0 saturated carbocycles. The van der Waals surface area contributed by atoms with Crippen LogP contribution in [0.2, 0.25) is 0 Å². The largest absolute Gasteiger partial charge is 0.497 e. The van der Waals surface area contributed by atoms with Gasteiger partial charge in [-0.1, -0.05) is 36.4 Å². The Kier molecular flexibility index (Phi) is 4.79. The molecule has 0 bridgehead atoms. The highest BCUT2D eigenvalue weighted by Gasteiger charge is 2.06. The van der Waals surface area contributed by atoms with E-state index in [9.17, 15) is 5.26 Å². The lowest BCUT2D eigenvalue weighted by molar-refractivity contribution is 0.319. The summed E-state index contributed by atoms with van der Waals surface area (Å²) in [5.41, 5.74) is 3.06. The van der Waals surface area contributed by atoms with E-state index >= 15 is 0 Å². The molecule has 0 fully saturated rings. The van der Waals surface area contributed by atoms with Gasteiger partial charge in [0.25, 0.3) is 0 Å². The number of methoxy groups -OCH3 is 1. The number of hydrogen-bond acceptors (Lipinski definition) is 3. The number of benzene rings is 3. The molecule has 3 aromatic carbocycles. The molecule has 0 N–H and O–H groups in total. The molecule has 0 aliphatic heterocycles. The number of nitrogens with zero attached hydrogens (tertiary/aromatic N) is 2. The quantitative estimate of drug-likeness (QED) is 0.702. The van der Waals surface area contributed by atoms with Crippen molar-refractivity contribution >= 4 is 10.8 Å². The molecule has 0 saturated heterocycles. The van der Waals surface area contributed by atoms with Crippen LogP contribution in [0, 0.1) is 11.3 Å². The van der Waals surface area contributed by atoms with E-state index in [-0.39, 0.29) is 0 Å². The van der Waals surface area contributed by atoms with Gasteiger partial charge in [0.15, 0.2) is 0 Å². The highest BCUT2D eigenvalue weighted by Crippen LogP contribution is 2.22. The predicted octanol–water partition coefficient (Wildman–Crippen LogP) is 4.35. The van der Waals surface area contributed by atoms with Crippen LogP contribution < -0.4 is 4.74 Å². The minimum atomic E-state index is 0.745. The molecule has 0 spiro atoms. The summed E-state index contributed by atoms with van der Waals surface area (Å²) in [6, 6.07) is 22.6. The molecular formula is C21H20N2O. The van der Waals surface area contributed by atoms with Gasteiger partial charge in [-0.05, 0) is 53.2 Å². The van der Waals surface area contributed by atoms with E-state index in [4.69, 9.17) is 4.74 Å². The summed E-state index contributed by atoms with van der Waals surface area (Å²) in [6.07, 6.45) is 0. The molecular weight excluding hydrogens is 296 g/mol. The zero-order valence-electron chi connectivity index (χ0n) is 14.0. The van der Waals surface area contributed by atoms with Crippen molar-refractivity contribution in [2.75, 3.05) is 14.2 Å². The summed E-state index contributed by atoms with van der Waals surface area (Å²) in [7, 11) is 3.76. The lowest BCUT2D eigenvalue weighted by Crippen LogP contribution is -2.17. The Morgan fingerprint density at radius 3 is 2.50 bits per heavy atom. The smallest absolute Gasteiger partial charge is 0.119 e. The van der Waals surface area contributed by atoms with Crippen LogP contribution in [0.3, 0.4) is 0 Å². The van der Waals surface area contributed by atoms with E-state index in [0.717, 1.165) is 30.0 Å². The van der Waals surface area contributed by atoms with Gasteiger partial charge in [0.2, 0.25) is 0 Å². The first-order valence-corrected chi connectivity index (χ1v) is 7.93. The Balaban J connectivity index is 1.75. The van der Waals surface area contributed by atoms with E-state index in [1.54, 1.807) is 7.11 Å². The normalized spacial score (nSPS) is 10.8. The fraction of sp³-hybridized carbons (Fsp3) is 0.190. The molecule has 0 amide bonds. The lowest BCUT2D eigenvalue weighted by Gasteiger charge is -2.18. The second kappa shape index (κ2) is 7.16. The molecule has 3 aromatic rings. The summed E-state index contributed by atoms with van der Waals surface area (Å²) >= 11 is 0. The van der Waals surface area contributed by atoms with Crippen LogP contribution >= 0.6 is 0 Å². The van der Waals surface area contributed by atoms with Crippen LogP contribution in [-0.2, 0) is 13.1 Å². The summed E-state index contributed by atoms with van der Waals surface area (Å²) in [4.78, 5) is 2.22. The van der Waals surface area contributed by atoms with Gasteiger partial charge in [-0.15, -0.1) is 0 Å². The van der Waals surface area contributed by atoms with Gasteiger partial charge in [-0.3, -0.25) is 4.90 Å². The van der Waals surface area contributed by atoms with Crippen molar-refractivity contribution in [2.45, 2.75) is 13.1 Å². The van der Waals surface area contributed by atoms with Crippen LogP contribution in [0.1, 0.15) is 16.7 Å². The van der Waals surface area contributed by atoms with E-state index in [2.05, 4.69) is 42.3 Å². The third kappa shape index (κ3) is 3.56. The average molecular weight is 316 g/mol. The molecule has 0 aliphatic carbocycles. The standard InChI is InChI=1S/C21H20N2O/c1-23(15-20-6-4-3-5-19(20)13-22)14-16-7-8-18-12-21(24-2)10-9-17(18)11-16/h3-12H,14-15H2,1-2H3. The predicted molar refractivity (Wildman–Crippen MR) is 96.8 cm³/mol. The van der Waals surface area contributed by atoms with Crippen molar-refractivity contribution in [3.8, 4) is 11.8 Å². The minimum absolute atomic E-state index is 0.745. The molecule has 3 rings (SSSR count). The molecule has 0 radical (unpaired) electrons. The van der Waals surface area contributed by atoms with Crippen LogP contribution in [0.25, 0.3) is 10.8 Å². The van der Waals surface area contributed by atoms with Crippen LogP contribution in [0.15, 0.2) is 60.7 Å². The van der Waals surface area contributed by atoms with Crippen molar-refractivity contribution in [3.63, 3.8) is 0 Å². The third-order valence-electron chi connectivity index (χ3n) is 4.14. The van der Waals surface area contributed by atoms with E-state index < -0.39 is 0 Å². The Morgan fingerprint density at radius 2 is 1.71 bits per heavy atom. The fourth-order valence-electron chi connectivity index (χ4n) is 2.92. The average Bonchev–Trinajstić information content (AvgIpc) is 2.61. The molecule has 0 atom stereocenters.